The Kier molecular flexibility index (Phi) is 5.36. The van der Waals surface area contributed by atoms with E-state index in [2.05, 4.69) is 5.32 Å². The molecule has 5 heteroatoms. The molecule has 0 spiro atoms. The molecule has 1 N–H and O–H groups in total. The molecule has 0 fully saturated rings. The highest BCUT2D eigenvalue weighted by Crippen LogP contribution is 2.24. The van der Waals surface area contributed by atoms with Crippen molar-refractivity contribution < 1.29 is 18.7 Å². The van der Waals surface area contributed by atoms with Crippen molar-refractivity contribution in [2.24, 2.45) is 0 Å². The zero-order valence-electron chi connectivity index (χ0n) is 12.6. The Morgan fingerprint density at radius 3 is 2.64 bits per heavy atom. The van der Waals surface area contributed by atoms with Gasteiger partial charge >= 0.3 is 0 Å². The Morgan fingerprint density at radius 1 is 1.18 bits per heavy atom. The van der Waals surface area contributed by atoms with Gasteiger partial charge in [-0.3, -0.25) is 4.79 Å². The van der Waals surface area contributed by atoms with Crippen molar-refractivity contribution in [2.75, 3.05) is 19.0 Å². The first kappa shape index (κ1) is 15.8. The molecule has 0 atom stereocenters. The van der Waals surface area contributed by atoms with E-state index in [0.29, 0.717) is 23.6 Å². The van der Waals surface area contributed by atoms with Crippen LogP contribution in [0.25, 0.3) is 0 Å². The topological polar surface area (TPSA) is 47.6 Å². The van der Waals surface area contributed by atoms with Gasteiger partial charge in [0.15, 0.2) is 11.6 Å². The van der Waals surface area contributed by atoms with Gasteiger partial charge in [0.2, 0.25) is 5.91 Å². The van der Waals surface area contributed by atoms with Crippen molar-refractivity contribution in [3.63, 3.8) is 0 Å². The summed E-state index contributed by atoms with van der Waals surface area (Å²) in [6.07, 6.45) is 0.0708. The van der Waals surface area contributed by atoms with Gasteiger partial charge in [-0.25, -0.2) is 4.39 Å². The van der Waals surface area contributed by atoms with Crippen LogP contribution in [0.2, 0.25) is 0 Å². The number of ether oxygens (including phenoxy) is 2. The fraction of sp³-hybridized carbons (Fsp3) is 0.235. The summed E-state index contributed by atoms with van der Waals surface area (Å²) < 4.78 is 23.9. The van der Waals surface area contributed by atoms with E-state index < -0.39 is 5.82 Å². The van der Waals surface area contributed by atoms with Crippen molar-refractivity contribution in [2.45, 2.75) is 13.3 Å². The Balaban J connectivity index is 2.06. The zero-order valence-corrected chi connectivity index (χ0v) is 12.6. The first-order valence-corrected chi connectivity index (χ1v) is 6.98. The van der Waals surface area contributed by atoms with Gasteiger partial charge in [0.1, 0.15) is 5.75 Å². The van der Waals surface area contributed by atoms with Crippen molar-refractivity contribution in [1.82, 2.24) is 0 Å². The number of para-hydroxylation sites is 2. The largest absolute Gasteiger partial charge is 0.494 e. The lowest BCUT2D eigenvalue weighted by Gasteiger charge is -2.11. The number of hydrogen-bond acceptors (Lipinski definition) is 3. The van der Waals surface area contributed by atoms with Crippen molar-refractivity contribution in [3.05, 3.63) is 53.8 Å². The van der Waals surface area contributed by atoms with E-state index in [1.807, 2.05) is 19.1 Å². The highest BCUT2D eigenvalue weighted by Gasteiger charge is 2.10. The number of amides is 1. The standard InChI is InChI=1S/C17H18FNO3/c1-3-22-16-7-5-4-6-14(16)19-17(20)11-12-8-9-15(21-2)13(18)10-12/h4-10H,3,11H2,1-2H3,(H,19,20). The number of anilines is 1. The van der Waals surface area contributed by atoms with Crippen LogP contribution in [0.15, 0.2) is 42.5 Å². The highest BCUT2D eigenvalue weighted by molar-refractivity contribution is 5.93. The first-order valence-electron chi connectivity index (χ1n) is 6.98. The molecule has 0 aliphatic carbocycles. The minimum atomic E-state index is -0.484. The molecule has 0 aromatic heterocycles. The van der Waals surface area contributed by atoms with Gasteiger partial charge in [-0.1, -0.05) is 18.2 Å². The number of carbonyl (C=O) groups is 1. The Hall–Kier alpha value is -2.56. The molecule has 0 saturated carbocycles. The Labute approximate surface area is 128 Å². The third-order valence-electron chi connectivity index (χ3n) is 3.04. The maximum absolute atomic E-state index is 13.6. The van der Waals surface area contributed by atoms with Crippen molar-refractivity contribution in [3.8, 4) is 11.5 Å². The van der Waals surface area contributed by atoms with Crippen LogP contribution in [-0.4, -0.2) is 19.6 Å². The van der Waals surface area contributed by atoms with E-state index >= 15 is 0 Å². The summed E-state index contributed by atoms with van der Waals surface area (Å²) in [7, 11) is 1.40. The molecule has 4 nitrogen and oxygen atoms in total. The summed E-state index contributed by atoms with van der Waals surface area (Å²) in [5, 5.41) is 2.77. The molecule has 0 unspecified atom stereocenters. The maximum atomic E-state index is 13.6. The van der Waals surface area contributed by atoms with E-state index in [9.17, 15) is 9.18 Å². The van der Waals surface area contributed by atoms with Crippen molar-refractivity contribution >= 4 is 11.6 Å². The third kappa shape index (κ3) is 3.97. The van der Waals surface area contributed by atoms with Crippen LogP contribution in [0.4, 0.5) is 10.1 Å². The molecule has 0 aliphatic rings. The molecule has 2 aromatic rings. The number of rotatable bonds is 6. The van der Waals surface area contributed by atoms with Gasteiger partial charge in [-0.05, 0) is 36.8 Å². The average Bonchev–Trinajstić information content (AvgIpc) is 2.49. The van der Waals surface area contributed by atoms with Crippen LogP contribution in [0.3, 0.4) is 0 Å². The predicted octanol–water partition coefficient (Wildman–Crippen LogP) is 3.41. The smallest absolute Gasteiger partial charge is 0.228 e. The van der Waals surface area contributed by atoms with Crippen LogP contribution in [0.1, 0.15) is 12.5 Å². The number of hydrogen-bond donors (Lipinski definition) is 1. The summed E-state index contributed by atoms with van der Waals surface area (Å²) in [5.41, 5.74) is 1.17. The molecule has 116 valence electrons. The third-order valence-corrected chi connectivity index (χ3v) is 3.04. The van der Waals surface area contributed by atoms with Gasteiger partial charge in [0.05, 0.1) is 25.8 Å². The van der Waals surface area contributed by atoms with E-state index in [1.54, 1.807) is 18.2 Å². The second kappa shape index (κ2) is 7.45. The molecule has 0 bridgehead atoms. The molecule has 2 rings (SSSR count). The van der Waals surface area contributed by atoms with E-state index in [4.69, 9.17) is 9.47 Å². The molecule has 2 aromatic carbocycles. The monoisotopic (exact) mass is 303 g/mol. The quantitative estimate of drug-likeness (QED) is 0.889. The summed E-state index contributed by atoms with van der Waals surface area (Å²) in [4.78, 5) is 12.1. The van der Waals surface area contributed by atoms with Crippen LogP contribution in [0, 0.1) is 5.82 Å². The lowest BCUT2D eigenvalue weighted by atomic mass is 10.1. The van der Waals surface area contributed by atoms with Gasteiger partial charge in [0.25, 0.3) is 0 Å². The van der Waals surface area contributed by atoms with Gasteiger partial charge in [0, 0.05) is 0 Å². The summed E-state index contributed by atoms with van der Waals surface area (Å²) in [6, 6.07) is 11.7. The molecule has 0 saturated heterocycles. The number of carbonyl (C=O) groups excluding carboxylic acids is 1. The minimum absolute atomic E-state index is 0.0708. The van der Waals surface area contributed by atoms with Crippen LogP contribution in [-0.2, 0) is 11.2 Å². The number of nitrogens with one attached hydrogen (secondary N) is 1. The van der Waals surface area contributed by atoms with E-state index in [1.165, 1.54) is 19.2 Å². The fourth-order valence-electron chi connectivity index (χ4n) is 2.05. The van der Waals surface area contributed by atoms with Gasteiger partial charge < -0.3 is 14.8 Å². The summed E-state index contributed by atoms with van der Waals surface area (Å²) in [5.74, 6) is 0.0457. The Bertz CT molecular complexity index is 658. The van der Waals surface area contributed by atoms with Crippen LogP contribution in [0.5, 0.6) is 11.5 Å². The molecule has 1 amide bonds. The number of benzene rings is 2. The maximum Gasteiger partial charge on any atom is 0.228 e. The average molecular weight is 303 g/mol. The predicted molar refractivity (Wildman–Crippen MR) is 82.9 cm³/mol. The Morgan fingerprint density at radius 2 is 1.95 bits per heavy atom. The van der Waals surface area contributed by atoms with Crippen LogP contribution >= 0.6 is 0 Å². The molecule has 0 radical (unpaired) electrons. The summed E-state index contributed by atoms with van der Waals surface area (Å²) in [6.45, 7) is 2.38. The normalized spacial score (nSPS) is 10.1. The lowest BCUT2D eigenvalue weighted by Crippen LogP contribution is -2.15. The SMILES string of the molecule is CCOc1ccccc1NC(=O)Cc1ccc(OC)c(F)c1. The molecular formula is C17H18FNO3. The minimum Gasteiger partial charge on any atom is -0.494 e. The number of methoxy groups -OCH3 is 1. The molecular weight excluding hydrogens is 285 g/mol. The van der Waals surface area contributed by atoms with E-state index in [-0.39, 0.29) is 18.1 Å². The number of halogens is 1. The zero-order chi connectivity index (χ0) is 15.9. The van der Waals surface area contributed by atoms with Gasteiger partial charge in [-0.15, -0.1) is 0 Å². The molecule has 0 aliphatic heterocycles. The van der Waals surface area contributed by atoms with E-state index in [0.717, 1.165) is 0 Å². The van der Waals surface area contributed by atoms with Crippen LogP contribution < -0.4 is 14.8 Å². The first-order chi connectivity index (χ1) is 10.6. The molecule has 22 heavy (non-hydrogen) atoms. The second-order valence-corrected chi connectivity index (χ2v) is 4.62. The lowest BCUT2D eigenvalue weighted by molar-refractivity contribution is -0.115. The molecule has 0 heterocycles. The second-order valence-electron chi connectivity index (χ2n) is 4.62. The fourth-order valence-corrected chi connectivity index (χ4v) is 2.05. The summed E-state index contributed by atoms with van der Waals surface area (Å²) >= 11 is 0. The van der Waals surface area contributed by atoms with Crippen molar-refractivity contribution in [1.29, 1.82) is 0 Å². The van der Waals surface area contributed by atoms with Gasteiger partial charge in [-0.2, -0.15) is 0 Å². The highest BCUT2D eigenvalue weighted by atomic mass is 19.1.